The van der Waals surface area contributed by atoms with Crippen molar-refractivity contribution in [3.63, 3.8) is 0 Å². The predicted octanol–water partition coefficient (Wildman–Crippen LogP) is 1.30. The first-order chi connectivity index (χ1) is 14.2. The highest BCUT2D eigenvalue weighted by molar-refractivity contribution is 5.93. The Balaban J connectivity index is 1.87. The molecule has 2 saturated heterocycles. The van der Waals surface area contributed by atoms with Crippen LogP contribution in [-0.2, 0) is 9.47 Å². The molecule has 0 aliphatic carbocycles. The second-order valence-corrected chi connectivity index (χ2v) is 6.87. The molecule has 0 saturated carbocycles. The second kappa shape index (κ2) is 10.5. The standard InChI is InChI=1S/C20H31N3O6/c1-25-17-14-16(15-18(26-2)19(17)27-3)23(5-4-21-6-10-28-11-7-21)20(24)22-8-12-29-13-9-22/h14-15H,4-13H2,1-3H3. The highest BCUT2D eigenvalue weighted by Crippen LogP contribution is 2.41. The lowest BCUT2D eigenvalue weighted by molar-refractivity contribution is 0.0386. The fourth-order valence-corrected chi connectivity index (χ4v) is 3.55. The number of hydrogen-bond donors (Lipinski definition) is 0. The number of urea groups is 1. The third-order valence-electron chi connectivity index (χ3n) is 5.22. The molecule has 0 spiro atoms. The fourth-order valence-electron chi connectivity index (χ4n) is 3.55. The van der Waals surface area contributed by atoms with E-state index >= 15 is 0 Å². The van der Waals surface area contributed by atoms with Crippen molar-refractivity contribution in [2.24, 2.45) is 0 Å². The van der Waals surface area contributed by atoms with Gasteiger partial charge in [0.05, 0.1) is 53.4 Å². The van der Waals surface area contributed by atoms with Gasteiger partial charge in [0.15, 0.2) is 11.5 Å². The maximum Gasteiger partial charge on any atom is 0.324 e. The van der Waals surface area contributed by atoms with Gasteiger partial charge in [-0.25, -0.2) is 4.79 Å². The van der Waals surface area contributed by atoms with Gasteiger partial charge in [-0.3, -0.25) is 9.80 Å². The Hall–Kier alpha value is -2.23. The summed E-state index contributed by atoms with van der Waals surface area (Å²) in [6, 6.07) is 3.59. The molecule has 2 aliphatic rings. The van der Waals surface area contributed by atoms with Gasteiger partial charge in [-0.15, -0.1) is 0 Å². The molecule has 9 nitrogen and oxygen atoms in total. The lowest BCUT2D eigenvalue weighted by Crippen LogP contribution is -2.51. The van der Waals surface area contributed by atoms with Crippen LogP contribution in [0.5, 0.6) is 17.2 Å². The zero-order valence-corrected chi connectivity index (χ0v) is 17.5. The highest BCUT2D eigenvalue weighted by atomic mass is 16.5. The van der Waals surface area contributed by atoms with Crippen molar-refractivity contribution in [1.82, 2.24) is 9.80 Å². The minimum absolute atomic E-state index is 0.0455. The summed E-state index contributed by atoms with van der Waals surface area (Å²) in [5.74, 6) is 1.55. The quantitative estimate of drug-likeness (QED) is 0.672. The Morgan fingerprint density at radius 3 is 2.00 bits per heavy atom. The minimum atomic E-state index is -0.0455. The summed E-state index contributed by atoms with van der Waals surface area (Å²) >= 11 is 0. The van der Waals surface area contributed by atoms with Crippen molar-refractivity contribution < 1.29 is 28.5 Å². The number of amides is 2. The smallest absolute Gasteiger partial charge is 0.324 e. The molecule has 0 atom stereocenters. The van der Waals surface area contributed by atoms with Gasteiger partial charge < -0.3 is 28.6 Å². The topological polar surface area (TPSA) is 72.9 Å². The van der Waals surface area contributed by atoms with E-state index in [-0.39, 0.29) is 6.03 Å². The van der Waals surface area contributed by atoms with E-state index in [1.54, 1.807) is 26.2 Å². The predicted molar refractivity (Wildman–Crippen MR) is 108 cm³/mol. The van der Waals surface area contributed by atoms with Gasteiger partial charge in [-0.1, -0.05) is 0 Å². The molecule has 1 aromatic rings. The molecule has 0 bridgehead atoms. The maximum absolute atomic E-state index is 13.4. The summed E-state index contributed by atoms with van der Waals surface area (Å²) in [4.78, 5) is 19.3. The van der Waals surface area contributed by atoms with Gasteiger partial charge >= 0.3 is 6.03 Å². The molecule has 29 heavy (non-hydrogen) atoms. The normalized spacial score (nSPS) is 17.7. The summed E-state index contributed by atoms with van der Waals surface area (Å²) < 4.78 is 27.2. The number of ether oxygens (including phenoxy) is 5. The molecular formula is C20H31N3O6. The summed E-state index contributed by atoms with van der Waals surface area (Å²) in [5.41, 5.74) is 0.712. The van der Waals surface area contributed by atoms with E-state index in [0.717, 1.165) is 32.8 Å². The first kappa shape index (κ1) is 21.5. The van der Waals surface area contributed by atoms with Gasteiger partial charge in [0.1, 0.15) is 0 Å². The maximum atomic E-state index is 13.4. The molecule has 0 N–H and O–H groups in total. The van der Waals surface area contributed by atoms with Crippen molar-refractivity contribution >= 4 is 11.7 Å². The van der Waals surface area contributed by atoms with Crippen LogP contribution in [0.3, 0.4) is 0 Å². The zero-order chi connectivity index (χ0) is 20.6. The van der Waals surface area contributed by atoms with Crippen LogP contribution < -0.4 is 19.1 Å². The summed E-state index contributed by atoms with van der Waals surface area (Å²) in [5, 5.41) is 0. The lowest BCUT2D eigenvalue weighted by atomic mass is 10.2. The molecule has 0 radical (unpaired) electrons. The first-order valence-electron chi connectivity index (χ1n) is 9.92. The first-order valence-corrected chi connectivity index (χ1v) is 9.92. The molecule has 2 heterocycles. The van der Waals surface area contributed by atoms with Crippen LogP contribution in [0.1, 0.15) is 0 Å². The van der Waals surface area contributed by atoms with Crippen molar-refractivity contribution in [2.45, 2.75) is 0 Å². The Labute approximate surface area is 172 Å². The van der Waals surface area contributed by atoms with Gasteiger partial charge in [-0.2, -0.15) is 0 Å². The average Bonchev–Trinajstić information content (AvgIpc) is 2.79. The fraction of sp³-hybridized carbons (Fsp3) is 0.650. The third kappa shape index (κ3) is 5.23. The summed E-state index contributed by atoms with van der Waals surface area (Å²) in [7, 11) is 4.71. The summed E-state index contributed by atoms with van der Waals surface area (Å²) in [6.07, 6.45) is 0. The number of anilines is 1. The van der Waals surface area contributed by atoms with Gasteiger partial charge in [0.25, 0.3) is 0 Å². The van der Waals surface area contributed by atoms with E-state index in [1.807, 2.05) is 17.0 Å². The Morgan fingerprint density at radius 2 is 1.48 bits per heavy atom. The minimum Gasteiger partial charge on any atom is -0.493 e. The SMILES string of the molecule is COc1cc(N(CCN2CCOCC2)C(=O)N2CCOCC2)cc(OC)c1OC. The molecule has 0 unspecified atom stereocenters. The third-order valence-corrected chi connectivity index (χ3v) is 5.22. The molecule has 1 aromatic carbocycles. The molecule has 162 valence electrons. The Bertz CT molecular complexity index is 649. The number of carbonyl (C=O) groups is 1. The van der Waals surface area contributed by atoms with Gasteiger partial charge in [-0.05, 0) is 0 Å². The van der Waals surface area contributed by atoms with E-state index in [2.05, 4.69) is 4.90 Å². The van der Waals surface area contributed by atoms with E-state index in [9.17, 15) is 4.79 Å². The van der Waals surface area contributed by atoms with E-state index in [4.69, 9.17) is 23.7 Å². The Morgan fingerprint density at radius 1 is 0.931 bits per heavy atom. The number of carbonyl (C=O) groups excluding carboxylic acids is 1. The van der Waals surface area contributed by atoms with Crippen LogP contribution in [0.4, 0.5) is 10.5 Å². The number of rotatable bonds is 7. The van der Waals surface area contributed by atoms with E-state index in [0.29, 0.717) is 55.8 Å². The number of nitrogens with zero attached hydrogens (tertiary/aromatic N) is 3. The molecule has 0 aromatic heterocycles. The van der Waals surface area contributed by atoms with Gasteiger partial charge in [0, 0.05) is 51.4 Å². The summed E-state index contributed by atoms with van der Waals surface area (Å²) in [6.45, 7) is 6.77. The van der Waals surface area contributed by atoms with Crippen LogP contribution in [-0.4, -0.2) is 103 Å². The van der Waals surface area contributed by atoms with Crippen LogP contribution >= 0.6 is 0 Å². The van der Waals surface area contributed by atoms with E-state index in [1.165, 1.54) is 0 Å². The Kier molecular flexibility index (Phi) is 7.79. The molecule has 9 heteroatoms. The van der Waals surface area contributed by atoms with Crippen LogP contribution in [0.15, 0.2) is 12.1 Å². The molecule has 2 fully saturated rings. The molecular weight excluding hydrogens is 378 g/mol. The van der Waals surface area contributed by atoms with Crippen molar-refractivity contribution in [3.8, 4) is 17.2 Å². The molecule has 2 amide bonds. The number of methoxy groups -OCH3 is 3. The molecule has 3 rings (SSSR count). The second-order valence-electron chi connectivity index (χ2n) is 6.87. The van der Waals surface area contributed by atoms with Crippen molar-refractivity contribution in [2.75, 3.05) is 91.9 Å². The lowest BCUT2D eigenvalue weighted by Gasteiger charge is -2.35. The van der Waals surface area contributed by atoms with Gasteiger partial charge in [0.2, 0.25) is 5.75 Å². The number of morpholine rings is 2. The zero-order valence-electron chi connectivity index (χ0n) is 17.5. The van der Waals surface area contributed by atoms with Crippen LogP contribution in [0.2, 0.25) is 0 Å². The number of hydrogen-bond acceptors (Lipinski definition) is 7. The van der Waals surface area contributed by atoms with Crippen LogP contribution in [0.25, 0.3) is 0 Å². The van der Waals surface area contributed by atoms with Crippen molar-refractivity contribution in [3.05, 3.63) is 12.1 Å². The number of benzene rings is 1. The largest absolute Gasteiger partial charge is 0.493 e. The van der Waals surface area contributed by atoms with Crippen molar-refractivity contribution in [1.29, 1.82) is 0 Å². The average molecular weight is 409 g/mol. The highest BCUT2D eigenvalue weighted by Gasteiger charge is 2.27. The van der Waals surface area contributed by atoms with E-state index < -0.39 is 0 Å². The monoisotopic (exact) mass is 409 g/mol. The molecule has 2 aliphatic heterocycles. The van der Waals surface area contributed by atoms with Crippen LogP contribution in [0, 0.1) is 0 Å².